The van der Waals surface area contributed by atoms with Gasteiger partial charge in [-0.3, -0.25) is 0 Å². The molecule has 0 spiro atoms. The molecule has 0 bridgehead atoms. The second kappa shape index (κ2) is 4.69. The molecular formula is C13H13BO. The van der Waals surface area contributed by atoms with Crippen molar-refractivity contribution in [2.45, 2.75) is 6.61 Å². The molecule has 0 saturated carbocycles. The second-order valence-corrected chi connectivity index (χ2v) is 3.59. The molecule has 0 aromatic heterocycles. The van der Waals surface area contributed by atoms with Gasteiger partial charge in [0, 0.05) is 0 Å². The van der Waals surface area contributed by atoms with Crippen LogP contribution in [0.1, 0.15) is 5.56 Å². The molecule has 0 radical (unpaired) electrons. The third-order valence-corrected chi connectivity index (χ3v) is 2.27. The van der Waals surface area contributed by atoms with E-state index >= 15 is 0 Å². The van der Waals surface area contributed by atoms with Crippen molar-refractivity contribution >= 4 is 13.3 Å². The highest BCUT2D eigenvalue weighted by atomic mass is 16.5. The standard InChI is InChI=1S/C13H13BO/c14-12-8-6-11(7-9-12)10-15-13-4-2-1-3-5-13/h1-9H,10,14H2. The number of rotatable bonds is 3. The van der Waals surface area contributed by atoms with Gasteiger partial charge in [-0.05, 0) is 17.7 Å². The molecule has 0 amide bonds. The number of para-hydroxylation sites is 1. The molecule has 0 N–H and O–H groups in total. The third kappa shape index (κ3) is 2.88. The molecule has 0 heterocycles. The van der Waals surface area contributed by atoms with Gasteiger partial charge >= 0.3 is 0 Å². The van der Waals surface area contributed by atoms with Gasteiger partial charge in [0.05, 0.1) is 0 Å². The molecule has 2 aromatic rings. The zero-order valence-corrected chi connectivity index (χ0v) is 8.81. The van der Waals surface area contributed by atoms with Gasteiger partial charge in [-0.25, -0.2) is 0 Å². The molecule has 2 aromatic carbocycles. The Morgan fingerprint density at radius 2 is 1.53 bits per heavy atom. The number of ether oxygens (including phenoxy) is 1. The molecule has 1 nitrogen and oxygen atoms in total. The van der Waals surface area contributed by atoms with Crippen LogP contribution in [-0.4, -0.2) is 7.85 Å². The summed E-state index contributed by atoms with van der Waals surface area (Å²) in [6, 6.07) is 18.3. The van der Waals surface area contributed by atoms with Gasteiger partial charge in [0.15, 0.2) is 0 Å². The first-order chi connectivity index (χ1) is 7.34. The molecule has 0 unspecified atom stereocenters. The molecule has 74 valence electrons. The maximum Gasteiger partial charge on any atom is 0.139 e. The maximum atomic E-state index is 5.63. The van der Waals surface area contributed by atoms with Crippen molar-refractivity contribution in [1.82, 2.24) is 0 Å². The Morgan fingerprint density at radius 1 is 0.867 bits per heavy atom. The van der Waals surface area contributed by atoms with Crippen LogP contribution in [0.25, 0.3) is 0 Å². The first-order valence-electron chi connectivity index (χ1n) is 5.08. The van der Waals surface area contributed by atoms with Crippen LogP contribution in [0.4, 0.5) is 0 Å². The van der Waals surface area contributed by atoms with E-state index < -0.39 is 0 Å². The fraction of sp³-hybridized carbons (Fsp3) is 0.0769. The van der Waals surface area contributed by atoms with E-state index in [1.165, 1.54) is 11.0 Å². The first kappa shape index (κ1) is 9.84. The first-order valence-corrected chi connectivity index (χ1v) is 5.08. The summed E-state index contributed by atoms with van der Waals surface area (Å²) in [5.74, 6) is 0.915. The largest absolute Gasteiger partial charge is 0.489 e. The van der Waals surface area contributed by atoms with E-state index in [0.29, 0.717) is 6.61 Å². The molecule has 0 aliphatic heterocycles. The predicted molar refractivity (Wildman–Crippen MR) is 65.4 cm³/mol. The third-order valence-electron chi connectivity index (χ3n) is 2.27. The number of hydrogen-bond acceptors (Lipinski definition) is 1. The average Bonchev–Trinajstić information content (AvgIpc) is 2.30. The van der Waals surface area contributed by atoms with E-state index in [1.54, 1.807) is 0 Å². The van der Waals surface area contributed by atoms with Gasteiger partial charge in [0.1, 0.15) is 20.2 Å². The molecular weight excluding hydrogens is 183 g/mol. The highest BCUT2D eigenvalue weighted by molar-refractivity contribution is 6.32. The minimum atomic E-state index is 0.629. The van der Waals surface area contributed by atoms with Crippen molar-refractivity contribution < 1.29 is 4.74 Å². The van der Waals surface area contributed by atoms with E-state index in [1.807, 2.05) is 30.3 Å². The smallest absolute Gasteiger partial charge is 0.139 e. The van der Waals surface area contributed by atoms with Crippen LogP contribution in [0.3, 0.4) is 0 Å². The summed E-state index contributed by atoms with van der Waals surface area (Å²) in [4.78, 5) is 0. The Bertz CT molecular complexity index is 408. The van der Waals surface area contributed by atoms with Gasteiger partial charge < -0.3 is 4.74 Å². The Labute approximate surface area is 91.1 Å². The summed E-state index contributed by atoms with van der Waals surface area (Å²) < 4.78 is 5.63. The lowest BCUT2D eigenvalue weighted by molar-refractivity contribution is 0.306. The summed E-state index contributed by atoms with van der Waals surface area (Å²) in [6.45, 7) is 0.629. The van der Waals surface area contributed by atoms with Crippen molar-refractivity contribution in [3.63, 3.8) is 0 Å². The van der Waals surface area contributed by atoms with Crippen LogP contribution in [0.15, 0.2) is 54.6 Å². The lowest BCUT2D eigenvalue weighted by Crippen LogP contribution is -2.02. The summed E-state index contributed by atoms with van der Waals surface area (Å²) in [6.07, 6.45) is 0. The minimum Gasteiger partial charge on any atom is -0.489 e. The van der Waals surface area contributed by atoms with E-state index in [0.717, 1.165) is 5.75 Å². The van der Waals surface area contributed by atoms with Gasteiger partial charge in [-0.15, -0.1) is 0 Å². The molecule has 2 heteroatoms. The van der Waals surface area contributed by atoms with Gasteiger partial charge in [0.25, 0.3) is 0 Å². The monoisotopic (exact) mass is 196 g/mol. The Kier molecular flexibility index (Phi) is 3.08. The highest BCUT2D eigenvalue weighted by Gasteiger charge is 1.94. The second-order valence-electron chi connectivity index (χ2n) is 3.59. The molecule has 0 saturated heterocycles. The van der Waals surface area contributed by atoms with Crippen molar-refractivity contribution in [1.29, 1.82) is 0 Å². The fourth-order valence-electron chi connectivity index (χ4n) is 1.37. The Hall–Kier alpha value is -1.70. The van der Waals surface area contributed by atoms with Crippen molar-refractivity contribution in [3.05, 3.63) is 60.2 Å². The zero-order valence-electron chi connectivity index (χ0n) is 8.81. The lowest BCUT2D eigenvalue weighted by atomic mass is 9.95. The average molecular weight is 196 g/mol. The van der Waals surface area contributed by atoms with Crippen LogP contribution in [0, 0.1) is 0 Å². The van der Waals surface area contributed by atoms with E-state index in [4.69, 9.17) is 4.74 Å². The summed E-state index contributed by atoms with van der Waals surface area (Å²) in [7, 11) is 2.09. The molecule has 0 aliphatic rings. The molecule has 0 aliphatic carbocycles. The predicted octanol–water partition coefficient (Wildman–Crippen LogP) is 1.52. The molecule has 15 heavy (non-hydrogen) atoms. The highest BCUT2D eigenvalue weighted by Crippen LogP contribution is 2.10. The molecule has 2 rings (SSSR count). The Morgan fingerprint density at radius 3 is 2.20 bits per heavy atom. The quantitative estimate of drug-likeness (QED) is 0.676. The number of benzene rings is 2. The number of hydrogen-bond donors (Lipinski definition) is 0. The van der Waals surface area contributed by atoms with E-state index in [9.17, 15) is 0 Å². The van der Waals surface area contributed by atoms with Gasteiger partial charge in [-0.2, -0.15) is 0 Å². The van der Waals surface area contributed by atoms with E-state index in [2.05, 4.69) is 32.1 Å². The zero-order chi connectivity index (χ0) is 10.5. The minimum absolute atomic E-state index is 0.629. The molecule has 0 fully saturated rings. The summed E-state index contributed by atoms with van der Waals surface area (Å²) in [5, 5.41) is 0. The summed E-state index contributed by atoms with van der Waals surface area (Å²) in [5.41, 5.74) is 2.47. The maximum absolute atomic E-state index is 5.63. The SMILES string of the molecule is Bc1ccc(COc2ccccc2)cc1. The van der Waals surface area contributed by atoms with Crippen molar-refractivity contribution in [2.24, 2.45) is 0 Å². The van der Waals surface area contributed by atoms with Crippen LogP contribution in [0.2, 0.25) is 0 Å². The van der Waals surface area contributed by atoms with Crippen molar-refractivity contribution in [3.8, 4) is 5.75 Å². The lowest BCUT2D eigenvalue weighted by Gasteiger charge is -2.05. The van der Waals surface area contributed by atoms with E-state index in [-0.39, 0.29) is 0 Å². The van der Waals surface area contributed by atoms with Crippen molar-refractivity contribution in [2.75, 3.05) is 0 Å². The van der Waals surface area contributed by atoms with Gasteiger partial charge in [0.2, 0.25) is 0 Å². The normalized spacial score (nSPS) is 9.87. The van der Waals surface area contributed by atoms with Crippen LogP contribution >= 0.6 is 0 Å². The summed E-state index contributed by atoms with van der Waals surface area (Å²) >= 11 is 0. The topological polar surface area (TPSA) is 9.23 Å². The van der Waals surface area contributed by atoms with Crippen LogP contribution in [0.5, 0.6) is 5.75 Å². The molecule has 0 atom stereocenters. The van der Waals surface area contributed by atoms with Gasteiger partial charge in [-0.1, -0.05) is 47.9 Å². The fourth-order valence-corrected chi connectivity index (χ4v) is 1.37. The van der Waals surface area contributed by atoms with Crippen LogP contribution in [-0.2, 0) is 6.61 Å². The van der Waals surface area contributed by atoms with Crippen LogP contribution < -0.4 is 10.2 Å². The Balaban J connectivity index is 1.96.